The number of amides is 3. The molecule has 1 heterocycles. The molecular formula is C22H21ClN4O4S2. The van der Waals surface area contributed by atoms with Crippen LogP contribution in [0.1, 0.15) is 12.6 Å². The predicted molar refractivity (Wildman–Crippen MR) is 133 cm³/mol. The number of hydrogen-bond acceptors (Lipinski definition) is 7. The number of carbonyl (C=O) groups excluding carboxylic acids is 3. The van der Waals surface area contributed by atoms with Crippen LogP contribution in [0.3, 0.4) is 0 Å². The second-order valence-electron chi connectivity index (χ2n) is 6.78. The normalized spacial score (nSPS) is 10.4. The molecule has 0 aliphatic rings. The zero-order valence-electron chi connectivity index (χ0n) is 17.8. The fraction of sp³-hybridized carbons (Fsp3) is 0.182. The topological polar surface area (TPSA) is 109 Å². The van der Waals surface area contributed by atoms with Gasteiger partial charge in [0, 0.05) is 29.4 Å². The highest BCUT2D eigenvalue weighted by Crippen LogP contribution is 2.27. The number of carbonyl (C=O) groups is 3. The third kappa shape index (κ3) is 7.77. The van der Waals surface area contributed by atoms with Crippen LogP contribution in [0.15, 0.2) is 52.2 Å². The maximum absolute atomic E-state index is 12.3. The zero-order chi connectivity index (χ0) is 23.8. The van der Waals surface area contributed by atoms with Gasteiger partial charge in [0.1, 0.15) is 5.75 Å². The number of methoxy groups -OCH3 is 1. The summed E-state index contributed by atoms with van der Waals surface area (Å²) in [6.45, 7) is 1.42. The summed E-state index contributed by atoms with van der Waals surface area (Å²) < 4.78 is 5.78. The number of anilines is 3. The van der Waals surface area contributed by atoms with Gasteiger partial charge >= 0.3 is 0 Å². The Morgan fingerprint density at radius 3 is 2.42 bits per heavy atom. The van der Waals surface area contributed by atoms with Crippen molar-refractivity contribution in [3.05, 3.63) is 58.6 Å². The van der Waals surface area contributed by atoms with E-state index in [2.05, 4.69) is 20.9 Å². The van der Waals surface area contributed by atoms with Gasteiger partial charge in [-0.2, -0.15) is 0 Å². The first-order chi connectivity index (χ1) is 15.8. The summed E-state index contributed by atoms with van der Waals surface area (Å²) in [4.78, 5) is 40.1. The van der Waals surface area contributed by atoms with E-state index < -0.39 is 0 Å². The Balaban J connectivity index is 1.47. The zero-order valence-corrected chi connectivity index (χ0v) is 20.2. The lowest BCUT2D eigenvalue weighted by atomic mass is 10.2. The van der Waals surface area contributed by atoms with Crippen molar-refractivity contribution in [3.8, 4) is 5.75 Å². The molecule has 11 heteroatoms. The monoisotopic (exact) mass is 504 g/mol. The number of benzene rings is 2. The van der Waals surface area contributed by atoms with Crippen LogP contribution in [0.4, 0.5) is 17.1 Å². The van der Waals surface area contributed by atoms with E-state index in [0.29, 0.717) is 37.9 Å². The summed E-state index contributed by atoms with van der Waals surface area (Å²) in [7, 11) is 1.52. The van der Waals surface area contributed by atoms with Crippen LogP contribution in [-0.2, 0) is 20.8 Å². The summed E-state index contributed by atoms with van der Waals surface area (Å²) >= 11 is 8.73. The fourth-order valence-electron chi connectivity index (χ4n) is 2.75. The smallest absolute Gasteiger partial charge is 0.234 e. The van der Waals surface area contributed by atoms with Crippen LogP contribution in [0.2, 0.25) is 5.02 Å². The highest BCUT2D eigenvalue weighted by molar-refractivity contribution is 8.01. The Kier molecular flexibility index (Phi) is 8.70. The summed E-state index contributed by atoms with van der Waals surface area (Å²) in [5, 5.41) is 10.4. The molecule has 8 nitrogen and oxygen atoms in total. The van der Waals surface area contributed by atoms with Gasteiger partial charge in [0.25, 0.3) is 0 Å². The van der Waals surface area contributed by atoms with Crippen LogP contribution in [-0.4, -0.2) is 35.6 Å². The van der Waals surface area contributed by atoms with Gasteiger partial charge < -0.3 is 20.7 Å². The molecule has 0 aliphatic carbocycles. The Bertz CT molecular complexity index is 1170. The van der Waals surface area contributed by atoms with Gasteiger partial charge in [-0.05, 0) is 36.4 Å². The SMILES string of the molecule is COc1ccc(NC(=O)Cc2csc(SCC(=O)Nc3cccc(NC(C)=O)c3)n2)cc1Cl. The summed E-state index contributed by atoms with van der Waals surface area (Å²) in [5.41, 5.74) is 2.37. The van der Waals surface area contributed by atoms with Crippen LogP contribution in [0.25, 0.3) is 0 Å². The number of halogens is 1. The molecule has 1 aromatic heterocycles. The van der Waals surface area contributed by atoms with Crippen LogP contribution in [0, 0.1) is 0 Å². The largest absolute Gasteiger partial charge is 0.495 e. The van der Waals surface area contributed by atoms with Crippen LogP contribution < -0.4 is 20.7 Å². The molecule has 3 N–H and O–H groups in total. The molecule has 0 unspecified atom stereocenters. The van der Waals surface area contributed by atoms with Gasteiger partial charge in [-0.15, -0.1) is 11.3 Å². The maximum atomic E-state index is 12.3. The number of thiazole rings is 1. The van der Waals surface area contributed by atoms with Crippen molar-refractivity contribution in [1.82, 2.24) is 4.98 Å². The molecule has 0 spiro atoms. The van der Waals surface area contributed by atoms with E-state index >= 15 is 0 Å². The second kappa shape index (κ2) is 11.7. The summed E-state index contributed by atoms with van der Waals surface area (Å²) in [5.74, 6) is 0.0737. The molecule has 0 aliphatic heterocycles. The van der Waals surface area contributed by atoms with Crippen molar-refractivity contribution in [1.29, 1.82) is 0 Å². The van der Waals surface area contributed by atoms with Crippen LogP contribution in [0.5, 0.6) is 5.75 Å². The van der Waals surface area contributed by atoms with E-state index in [1.54, 1.807) is 47.8 Å². The molecule has 3 amide bonds. The number of hydrogen-bond donors (Lipinski definition) is 3. The molecule has 0 saturated carbocycles. The Labute approximate surface area is 204 Å². The number of nitrogens with zero attached hydrogens (tertiary/aromatic N) is 1. The molecule has 3 aromatic rings. The molecule has 172 valence electrons. The molecule has 3 rings (SSSR count). The molecule has 2 aromatic carbocycles. The van der Waals surface area contributed by atoms with Gasteiger partial charge in [-0.3, -0.25) is 14.4 Å². The van der Waals surface area contributed by atoms with E-state index in [1.165, 1.54) is 37.1 Å². The Morgan fingerprint density at radius 2 is 1.73 bits per heavy atom. The van der Waals surface area contributed by atoms with E-state index in [-0.39, 0.29) is 29.9 Å². The van der Waals surface area contributed by atoms with E-state index in [1.807, 2.05) is 0 Å². The first kappa shape index (κ1) is 24.6. The highest BCUT2D eigenvalue weighted by Gasteiger charge is 2.12. The number of aromatic nitrogens is 1. The average molecular weight is 505 g/mol. The lowest BCUT2D eigenvalue weighted by Gasteiger charge is -2.07. The minimum absolute atomic E-state index is 0.100. The maximum Gasteiger partial charge on any atom is 0.234 e. The molecule has 0 saturated heterocycles. The first-order valence-corrected chi connectivity index (χ1v) is 11.9. The minimum atomic E-state index is -0.227. The quantitative estimate of drug-likeness (QED) is 0.365. The molecule has 0 radical (unpaired) electrons. The number of ether oxygens (including phenoxy) is 1. The second-order valence-corrected chi connectivity index (χ2v) is 9.27. The molecule has 33 heavy (non-hydrogen) atoms. The van der Waals surface area contributed by atoms with Gasteiger partial charge in [0.15, 0.2) is 4.34 Å². The van der Waals surface area contributed by atoms with Crippen molar-refractivity contribution < 1.29 is 19.1 Å². The van der Waals surface area contributed by atoms with E-state index in [4.69, 9.17) is 16.3 Å². The number of thioether (sulfide) groups is 1. The lowest BCUT2D eigenvalue weighted by Crippen LogP contribution is -2.15. The third-order valence-corrected chi connectivity index (χ3v) is 6.47. The molecule has 0 atom stereocenters. The minimum Gasteiger partial charge on any atom is -0.495 e. The number of rotatable bonds is 9. The number of nitrogens with one attached hydrogen (secondary N) is 3. The van der Waals surface area contributed by atoms with Crippen molar-refractivity contribution in [2.24, 2.45) is 0 Å². The molecule has 0 fully saturated rings. The summed E-state index contributed by atoms with van der Waals surface area (Å²) in [6, 6.07) is 11.9. The van der Waals surface area contributed by atoms with Gasteiger partial charge in [0.05, 0.1) is 30.0 Å². The standard InChI is InChI=1S/C22H21ClN4O4S2/c1-13(28)24-14-4-3-5-15(8-14)26-21(30)12-33-22-27-17(11-32-22)10-20(29)25-16-6-7-19(31-2)18(23)9-16/h3-9,11H,10,12H2,1-2H3,(H,24,28)(H,25,29)(H,26,30). The van der Waals surface area contributed by atoms with Gasteiger partial charge in [-0.25, -0.2) is 4.98 Å². The third-order valence-electron chi connectivity index (χ3n) is 4.10. The fourth-order valence-corrected chi connectivity index (χ4v) is 4.65. The van der Waals surface area contributed by atoms with Crippen molar-refractivity contribution >= 4 is 69.5 Å². The molecule has 0 bridgehead atoms. The van der Waals surface area contributed by atoms with E-state index in [9.17, 15) is 14.4 Å². The Morgan fingerprint density at radius 1 is 1.03 bits per heavy atom. The van der Waals surface area contributed by atoms with Crippen molar-refractivity contribution in [3.63, 3.8) is 0 Å². The first-order valence-electron chi connectivity index (χ1n) is 9.70. The van der Waals surface area contributed by atoms with Crippen molar-refractivity contribution in [2.75, 3.05) is 28.8 Å². The van der Waals surface area contributed by atoms with Crippen molar-refractivity contribution in [2.45, 2.75) is 17.7 Å². The predicted octanol–water partition coefficient (Wildman–Crippen LogP) is 4.68. The lowest BCUT2D eigenvalue weighted by molar-refractivity contribution is -0.116. The van der Waals surface area contributed by atoms with Gasteiger partial charge in [0.2, 0.25) is 17.7 Å². The summed E-state index contributed by atoms with van der Waals surface area (Å²) in [6.07, 6.45) is 0.100. The average Bonchev–Trinajstić information content (AvgIpc) is 3.19. The highest BCUT2D eigenvalue weighted by atomic mass is 35.5. The van der Waals surface area contributed by atoms with Crippen LogP contribution >= 0.6 is 34.7 Å². The Hall–Kier alpha value is -3.08. The van der Waals surface area contributed by atoms with E-state index in [0.717, 1.165) is 0 Å². The molecular weight excluding hydrogens is 484 g/mol. The van der Waals surface area contributed by atoms with Gasteiger partial charge in [-0.1, -0.05) is 29.4 Å².